The van der Waals surface area contributed by atoms with Gasteiger partial charge in [0.15, 0.2) is 0 Å². The van der Waals surface area contributed by atoms with E-state index in [0.29, 0.717) is 0 Å². The van der Waals surface area contributed by atoms with E-state index in [1.165, 1.54) is 0 Å². The average Bonchev–Trinajstić information content (AvgIpc) is 2.00. The molecule has 0 spiro atoms. The third kappa shape index (κ3) is 3.51. The summed E-state index contributed by atoms with van der Waals surface area (Å²) < 4.78 is 0. The zero-order chi connectivity index (χ0) is 12.4. The molecular weight excluding hydrogens is 198 g/mol. The summed E-state index contributed by atoms with van der Waals surface area (Å²) in [6.45, 7) is 6.45. The summed E-state index contributed by atoms with van der Waals surface area (Å²) in [5.74, 6) is -2.06. The summed E-state index contributed by atoms with van der Waals surface area (Å²) in [6.07, 6.45) is 0.211. The van der Waals surface area contributed by atoms with Crippen LogP contribution in [0.3, 0.4) is 0 Å². The van der Waals surface area contributed by atoms with Gasteiger partial charge in [-0.25, -0.2) is 0 Å². The van der Waals surface area contributed by atoms with Crippen LogP contribution in [0.25, 0.3) is 0 Å². The van der Waals surface area contributed by atoms with Crippen molar-refractivity contribution in [3.05, 3.63) is 0 Å². The van der Waals surface area contributed by atoms with Gasteiger partial charge >= 0.3 is 11.9 Å². The lowest BCUT2D eigenvalue weighted by Crippen LogP contribution is -2.47. The van der Waals surface area contributed by atoms with Crippen LogP contribution < -0.4 is 5.73 Å². The van der Waals surface area contributed by atoms with E-state index in [-0.39, 0.29) is 6.42 Å². The highest BCUT2D eigenvalue weighted by Gasteiger charge is 2.40. The second-order valence-corrected chi connectivity index (χ2v) is 5.17. The zero-order valence-electron chi connectivity index (χ0n) is 9.57. The molecule has 0 rings (SSSR count). The molecule has 0 amide bonds. The van der Waals surface area contributed by atoms with Gasteiger partial charge < -0.3 is 15.9 Å². The quantitative estimate of drug-likeness (QED) is 0.635. The van der Waals surface area contributed by atoms with Crippen LogP contribution in [0.5, 0.6) is 0 Å². The molecule has 0 unspecified atom stereocenters. The van der Waals surface area contributed by atoms with E-state index in [4.69, 9.17) is 15.9 Å². The first kappa shape index (κ1) is 13.9. The molecule has 0 aliphatic heterocycles. The lowest BCUT2D eigenvalue weighted by Gasteiger charge is -2.34. The third-order valence-corrected chi connectivity index (χ3v) is 2.58. The van der Waals surface area contributed by atoms with Crippen LogP contribution in [0, 0.1) is 10.8 Å². The molecule has 5 nitrogen and oxygen atoms in total. The van der Waals surface area contributed by atoms with E-state index in [1.807, 2.05) is 0 Å². The van der Waals surface area contributed by atoms with Crippen molar-refractivity contribution in [1.29, 1.82) is 0 Å². The van der Waals surface area contributed by atoms with Gasteiger partial charge in [0.1, 0.15) is 6.04 Å². The second-order valence-electron chi connectivity index (χ2n) is 5.17. The minimum Gasteiger partial charge on any atom is -0.481 e. The highest BCUT2D eigenvalue weighted by atomic mass is 16.4. The Morgan fingerprint density at radius 2 is 1.60 bits per heavy atom. The zero-order valence-corrected chi connectivity index (χ0v) is 9.57. The Kier molecular flexibility index (Phi) is 3.88. The highest BCUT2D eigenvalue weighted by Crippen LogP contribution is 2.35. The number of hydrogen-bond donors (Lipinski definition) is 3. The van der Waals surface area contributed by atoms with Crippen molar-refractivity contribution in [2.24, 2.45) is 16.6 Å². The van der Waals surface area contributed by atoms with Crippen molar-refractivity contribution < 1.29 is 19.8 Å². The molecule has 4 N–H and O–H groups in total. The van der Waals surface area contributed by atoms with Gasteiger partial charge in [-0.15, -0.1) is 0 Å². The van der Waals surface area contributed by atoms with Crippen LogP contribution in [0.15, 0.2) is 0 Å². The lowest BCUT2D eigenvalue weighted by molar-refractivity contribution is -0.151. The Balaban J connectivity index is 4.78. The van der Waals surface area contributed by atoms with Gasteiger partial charge in [-0.2, -0.15) is 0 Å². The molecule has 0 radical (unpaired) electrons. The van der Waals surface area contributed by atoms with Gasteiger partial charge in [-0.1, -0.05) is 13.8 Å². The summed E-state index contributed by atoms with van der Waals surface area (Å²) in [7, 11) is 0. The molecule has 0 saturated heterocycles. The predicted octanol–water partition coefficient (Wildman–Crippen LogP) is 0.925. The first-order valence-electron chi connectivity index (χ1n) is 4.72. The van der Waals surface area contributed by atoms with Crippen molar-refractivity contribution in [3.63, 3.8) is 0 Å². The molecular formula is C10H19NO4. The number of carbonyl (C=O) groups is 2. The summed E-state index contributed by atoms with van der Waals surface area (Å²) in [6, 6.07) is -1.06. The maximum Gasteiger partial charge on any atom is 0.321 e. The summed E-state index contributed by atoms with van der Waals surface area (Å²) in [5, 5.41) is 17.7. The fourth-order valence-electron chi connectivity index (χ4n) is 1.66. The van der Waals surface area contributed by atoms with Crippen molar-refractivity contribution in [2.45, 2.75) is 40.2 Å². The molecule has 0 fully saturated rings. The summed E-state index contributed by atoms with van der Waals surface area (Å²) in [5.41, 5.74) is 3.78. The van der Waals surface area contributed by atoms with Crippen molar-refractivity contribution in [3.8, 4) is 0 Å². The van der Waals surface area contributed by atoms with Crippen LogP contribution in [-0.2, 0) is 9.59 Å². The molecule has 0 saturated carbocycles. The van der Waals surface area contributed by atoms with Crippen LogP contribution >= 0.6 is 0 Å². The van der Waals surface area contributed by atoms with Gasteiger partial charge in [-0.05, 0) is 25.7 Å². The SMILES string of the molecule is CC(C)(CC(C)(C)[C@H](N)C(=O)O)C(=O)O. The minimum absolute atomic E-state index is 0.211. The van der Waals surface area contributed by atoms with E-state index in [0.717, 1.165) is 0 Å². The number of carboxylic acids is 2. The number of carboxylic acid groups (broad SMARTS) is 2. The molecule has 0 aromatic carbocycles. The molecule has 0 heterocycles. The van der Waals surface area contributed by atoms with E-state index < -0.39 is 28.8 Å². The van der Waals surface area contributed by atoms with E-state index in [9.17, 15) is 9.59 Å². The van der Waals surface area contributed by atoms with Crippen molar-refractivity contribution in [1.82, 2.24) is 0 Å². The van der Waals surface area contributed by atoms with Crippen molar-refractivity contribution >= 4 is 11.9 Å². The standard InChI is InChI=1S/C10H19NO4/c1-9(2,6(11)7(12)13)5-10(3,4)8(14)15/h6H,5,11H2,1-4H3,(H,12,13)(H,14,15)/t6-/m1/s1. The number of nitrogens with two attached hydrogens (primary N) is 1. The van der Waals surface area contributed by atoms with Crippen LogP contribution in [0.1, 0.15) is 34.1 Å². The first-order valence-corrected chi connectivity index (χ1v) is 4.72. The van der Waals surface area contributed by atoms with Gasteiger partial charge in [0, 0.05) is 0 Å². The van der Waals surface area contributed by atoms with E-state index in [1.54, 1.807) is 27.7 Å². The van der Waals surface area contributed by atoms with Crippen LogP contribution in [-0.4, -0.2) is 28.2 Å². The number of rotatable bonds is 5. The predicted molar refractivity (Wildman–Crippen MR) is 55.4 cm³/mol. The van der Waals surface area contributed by atoms with Gasteiger partial charge in [0.2, 0.25) is 0 Å². The third-order valence-electron chi connectivity index (χ3n) is 2.58. The second kappa shape index (κ2) is 4.18. The van der Waals surface area contributed by atoms with Crippen LogP contribution in [0.2, 0.25) is 0 Å². The van der Waals surface area contributed by atoms with Gasteiger partial charge in [-0.3, -0.25) is 9.59 Å². The molecule has 15 heavy (non-hydrogen) atoms. The Morgan fingerprint density at radius 3 is 1.87 bits per heavy atom. The largest absolute Gasteiger partial charge is 0.481 e. The molecule has 0 aromatic heterocycles. The van der Waals surface area contributed by atoms with Crippen LogP contribution in [0.4, 0.5) is 0 Å². The molecule has 0 aliphatic rings. The molecule has 0 aromatic rings. The summed E-state index contributed by atoms with van der Waals surface area (Å²) >= 11 is 0. The molecule has 88 valence electrons. The topological polar surface area (TPSA) is 101 Å². The fourth-order valence-corrected chi connectivity index (χ4v) is 1.66. The maximum absolute atomic E-state index is 10.9. The molecule has 0 bridgehead atoms. The average molecular weight is 217 g/mol. The first-order chi connectivity index (χ1) is 6.50. The molecule has 5 heteroatoms. The Morgan fingerprint density at radius 1 is 1.20 bits per heavy atom. The minimum atomic E-state index is -1.11. The number of aliphatic carboxylic acids is 2. The summed E-state index contributed by atoms with van der Waals surface area (Å²) in [4.78, 5) is 21.6. The monoisotopic (exact) mass is 217 g/mol. The Hall–Kier alpha value is -1.10. The smallest absolute Gasteiger partial charge is 0.321 e. The normalized spacial score (nSPS) is 14.7. The van der Waals surface area contributed by atoms with E-state index >= 15 is 0 Å². The lowest BCUT2D eigenvalue weighted by atomic mass is 9.71. The van der Waals surface area contributed by atoms with Gasteiger partial charge in [0.25, 0.3) is 0 Å². The van der Waals surface area contributed by atoms with Crippen molar-refractivity contribution in [2.75, 3.05) is 0 Å². The Bertz CT molecular complexity index is 271. The Labute approximate surface area is 89.3 Å². The maximum atomic E-state index is 10.9. The molecule has 0 aliphatic carbocycles. The van der Waals surface area contributed by atoms with E-state index in [2.05, 4.69) is 0 Å². The molecule has 1 atom stereocenters. The highest BCUT2D eigenvalue weighted by molar-refractivity contribution is 5.76. The fraction of sp³-hybridized carbons (Fsp3) is 0.800. The number of hydrogen-bond acceptors (Lipinski definition) is 3. The van der Waals surface area contributed by atoms with Gasteiger partial charge in [0.05, 0.1) is 5.41 Å².